The van der Waals surface area contributed by atoms with Crippen molar-refractivity contribution < 1.29 is 23.1 Å². The lowest BCUT2D eigenvalue weighted by molar-refractivity contribution is 0.0600. The topological polar surface area (TPSA) is 110 Å². The lowest BCUT2D eigenvalue weighted by atomic mass is 10.3. The number of methoxy groups -OCH3 is 1. The molecule has 1 atom stereocenters. The van der Waals surface area contributed by atoms with Crippen LogP contribution in [0.15, 0.2) is 29.7 Å². The maximum absolute atomic E-state index is 12.1. The van der Waals surface area contributed by atoms with E-state index in [1.165, 1.54) is 43.1 Å². The van der Waals surface area contributed by atoms with Crippen LogP contribution in [0, 0.1) is 0 Å². The van der Waals surface area contributed by atoms with Crippen molar-refractivity contribution in [2.75, 3.05) is 13.7 Å². The molecule has 0 aliphatic carbocycles. The van der Waals surface area contributed by atoms with Gasteiger partial charge in [0, 0.05) is 12.7 Å². The highest BCUT2D eigenvalue weighted by molar-refractivity contribution is 7.89. The van der Waals surface area contributed by atoms with Gasteiger partial charge in [-0.25, -0.2) is 22.9 Å². The van der Waals surface area contributed by atoms with Crippen LogP contribution in [0.5, 0.6) is 0 Å². The summed E-state index contributed by atoms with van der Waals surface area (Å²) in [6.45, 7) is 1.36. The number of hydrogen-bond donors (Lipinski definition) is 2. The zero-order valence-corrected chi connectivity index (χ0v) is 12.3. The highest BCUT2D eigenvalue weighted by Crippen LogP contribution is 2.16. The average Bonchev–Trinajstić information content (AvgIpc) is 2.88. The van der Waals surface area contributed by atoms with Crippen molar-refractivity contribution in [3.63, 3.8) is 0 Å². The van der Waals surface area contributed by atoms with Gasteiger partial charge in [-0.2, -0.15) is 0 Å². The van der Waals surface area contributed by atoms with Gasteiger partial charge < -0.3 is 14.2 Å². The van der Waals surface area contributed by atoms with E-state index in [9.17, 15) is 13.2 Å². The highest BCUT2D eigenvalue weighted by Gasteiger charge is 2.21. The maximum Gasteiger partial charge on any atom is 0.339 e. The van der Waals surface area contributed by atoms with E-state index in [0.29, 0.717) is 5.52 Å². The molecule has 0 radical (unpaired) electrons. The number of sulfonamides is 1. The van der Waals surface area contributed by atoms with Gasteiger partial charge in [-0.3, -0.25) is 0 Å². The summed E-state index contributed by atoms with van der Waals surface area (Å²) in [5, 5.41) is 8.98. The third-order valence-corrected chi connectivity index (χ3v) is 4.11. The van der Waals surface area contributed by atoms with Crippen LogP contribution in [0.3, 0.4) is 0 Å². The van der Waals surface area contributed by atoms with E-state index in [1.807, 2.05) is 0 Å². The second-order valence-corrected chi connectivity index (χ2v) is 6.13. The Labute approximate surface area is 121 Å². The van der Waals surface area contributed by atoms with Gasteiger partial charge in [0.25, 0.3) is 10.0 Å². The number of nitrogens with one attached hydrogen (secondary N) is 1. The van der Waals surface area contributed by atoms with Crippen LogP contribution >= 0.6 is 0 Å². The van der Waals surface area contributed by atoms with E-state index in [4.69, 9.17) is 5.11 Å². The largest absolute Gasteiger partial charge is 0.465 e. The van der Waals surface area contributed by atoms with Crippen LogP contribution in [0.2, 0.25) is 0 Å². The number of aromatic nitrogens is 2. The van der Waals surface area contributed by atoms with Crippen molar-refractivity contribution in [2.24, 2.45) is 0 Å². The SMILES string of the molecule is COC(=O)c1ccc2c(S(=O)(=O)NC[C@H](C)O)ncn2c1. The van der Waals surface area contributed by atoms with E-state index in [1.54, 1.807) is 0 Å². The third-order valence-electron chi connectivity index (χ3n) is 2.74. The Balaban J connectivity index is 2.41. The zero-order valence-electron chi connectivity index (χ0n) is 11.5. The fourth-order valence-corrected chi connectivity index (χ4v) is 2.95. The summed E-state index contributed by atoms with van der Waals surface area (Å²) in [7, 11) is -2.58. The van der Waals surface area contributed by atoms with Crippen LogP contribution in [-0.2, 0) is 14.8 Å². The van der Waals surface area contributed by atoms with Gasteiger partial charge in [-0.05, 0) is 19.1 Å². The van der Waals surface area contributed by atoms with Crippen LogP contribution in [-0.4, -0.2) is 48.6 Å². The zero-order chi connectivity index (χ0) is 15.6. The van der Waals surface area contributed by atoms with Crippen molar-refractivity contribution >= 4 is 21.5 Å². The van der Waals surface area contributed by atoms with Crippen molar-refractivity contribution in [3.8, 4) is 0 Å². The number of ether oxygens (including phenoxy) is 1. The molecule has 2 aromatic heterocycles. The number of rotatable bonds is 5. The molecule has 8 nitrogen and oxygen atoms in total. The molecule has 9 heteroatoms. The van der Waals surface area contributed by atoms with Crippen LogP contribution in [0.25, 0.3) is 5.52 Å². The molecule has 0 unspecified atom stereocenters. The number of esters is 1. The van der Waals surface area contributed by atoms with Gasteiger partial charge in [0.2, 0.25) is 0 Å². The van der Waals surface area contributed by atoms with E-state index in [-0.39, 0.29) is 17.1 Å². The minimum atomic E-state index is -3.84. The molecule has 2 heterocycles. The predicted molar refractivity (Wildman–Crippen MR) is 73.4 cm³/mol. The second kappa shape index (κ2) is 5.80. The predicted octanol–water partition coefficient (Wildman–Crippen LogP) is -0.220. The molecule has 0 aliphatic rings. The molecule has 0 saturated heterocycles. The quantitative estimate of drug-likeness (QED) is 0.739. The van der Waals surface area contributed by atoms with Crippen molar-refractivity contribution in [3.05, 3.63) is 30.2 Å². The van der Waals surface area contributed by atoms with E-state index >= 15 is 0 Å². The van der Waals surface area contributed by atoms with Gasteiger partial charge in [0.1, 0.15) is 6.33 Å². The first-order valence-corrected chi connectivity index (χ1v) is 7.56. The standard InChI is InChI=1S/C12H15N3O5S/c1-8(16)5-14-21(18,19)11-10-4-3-9(12(17)20-2)6-15(10)7-13-11/h3-4,6-8,14,16H,5H2,1-2H3/t8-/m0/s1. The molecule has 2 aromatic rings. The molecule has 0 saturated carbocycles. The van der Waals surface area contributed by atoms with E-state index in [2.05, 4.69) is 14.4 Å². The molecule has 0 aromatic carbocycles. The smallest absolute Gasteiger partial charge is 0.339 e. The van der Waals surface area contributed by atoms with Gasteiger partial charge >= 0.3 is 5.97 Å². The fraction of sp³-hybridized carbons (Fsp3) is 0.333. The van der Waals surface area contributed by atoms with Gasteiger partial charge in [0.15, 0.2) is 5.03 Å². The summed E-state index contributed by atoms with van der Waals surface area (Å²) in [6, 6.07) is 2.92. The minimum Gasteiger partial charge on any atom is -0.465 e. The fourth-order valence-electron chi connectivity index (χ4n) is 1.72. The summed E-state index contributed by atoms with van der Waals surface area (Å²) < 4.78 is 32.5. The number of carbonyl (C=O) groups excluding carboxylic acids is 1. The first-order valence-electron chi connectivity index (χ1n) is 6.08. The number of nitrogens with zero attached hydrogens (tertiary/aromatic N) is 2. The van der Waals surface area contributed by atoms with Gasteiger partial charge in [-0.15, -0.1) is 0 Å². The summed E-state index contributed by atoms with van der Waals surface area (Å²) in [4.78, 5) is 15.3. The number of imidazole rings is 1. The number of aliphatic hydroxyl groups excluding tert-OH is 1. The van der Waals surface area contributed by atoms with Crippen molar-refractivity contribution in [1.29, 1.82) is 0 Å². The number of aliphatic hydroxyl groups is 1. The molecular formula is C12H15N3O5S. The monoisotopic (exact) mass is 313 g/mol. The second-order valence-electron chi connectivity index (χ2n) is 4.45. The number of carbonyl (C=O) groups is 1. The van der Waals surface area contributed by atoms with Crippen LogP contribution in [0.1, 0.15) is 17.3 Å². The molecule has 21 heavy (non-hydrogen) atoms. The Hall–Kier alpha value is -1.97. The molecule has 2 N–H and O–H groups in total. The van der Waals surface area contributed by atoms with Crippen LogP contribution < -0.4 is 4.72 Å². The molecule has 0 aliphatic heterocycles. The van der Waals surface area contributed by atoms with Gasteiger partial charge in [-0.1, -0.05) is 0 Å². The Bertz CT molecular complexity index is 766. The molecule has 2 rings (SSSR count). The van der Waals surface area contributed by atoms with Crippen molar-refractivity contribution in [1.82, 2.24) is 14.1 Å². The molecule has 0 amide bonds. The number of fused-ring (bicyclic) bond motifs is 1. The Morgan fingerprint density at radius 2 is 2.24 bits per heavy atom. The molecular weight excluding hydrogens is 298 g/mol. The highest BCUT2D eigenvalue weighted by atomic mass is 32.2. The Morgan fingerprint density at radius 3 is 2.86 bits per heavy atom. The number of pyridine rings is 1. The Morgan fingerprint density at radius 1 is 1.52 bits per heavy atom. The molecule has 0 spiro atoms. The van der Waals surface area contributed by atoms with Crippen molar-refractivity contribution in [2.45, 2.75) is 18.1 Å². The molecule has 0 bridgehead atoms. The lowest BCUT2D eigenvalue weighted by Gasteiger charge is -2.07. The molecule has 0 fully saturated rings. The summed E-state index contributed by atoms with van der Waals surface area (Å²) in [5.74, 6) is -0.526. The number of hydrogen-bond acceptors (Lipinski definition) is 6. The summed E-state index contributed by atoms with van der Waals surface area (Å²) in [5.41, 5.74) is 0.601. The Kier molecular flexibility index (Phi) is 4.26. The minimum absolute atomic E-state index is 0.110. The van der Waals surface area contributed by atoms with E-state index < -0.39 is 22.1 Å². The lowest BCUT2D eigenvalue weighted by Crippen LogP contribution is -2.31. The van der Waals surface area contributed by atoms with Crippen LogP contribution in [0.4, 0.5) is 0 Å². The third kappa shape index (κ3) is 3.20. The van der Waals surface area contributed by atoms with E-state index in [0.717, 1.165) is 0 Å². The first kappa shape index (κ1) is 15.4. The molecule has 114 valence electrons. The first-order chi connectivity index (χ1) is 9.85. The average molecular weight is 313 g/mol. The van der Waals surface area contributed by atoms with Gasteiger partial charge in [0.05, 0.1) is 24.3 Å². The summed E-state index contributed by atoms with van der Waals surface area (Å²) >= 11 is 0. The maximum atomic E-state index is 12.1. The normalized spacial score (nSPS) is 13.3. The summed E-state index contributed by atoms with van der Waals surface area (Å²) in [6.07, 6.45) is 1.92.